The number of fused-ring (bicyclic) bond motifs is 1. The van der Waals surface area contributed by atoms with Gasteiger partial charge in [-0.15, -0.1) is 0 Å². The second-order valence-corrected chi connectivity index (χ2v) is 7.64. The van der Waals surface area contributed by atoms with Crippen molar-refractivity contribution in [3.05, 3.63) is 47.3 Å². The highest BCUT2D eigenvalue weighted by molar-refractivity contribution is 5.79. The summed E-state index contributed by atoms with van der Waals surface area (Å²) >= 11 is 0. The Labute approximate surface area is 164 Å². The first-order valence-electron chi connectivity index (χ1n) is 9.74. The first kappa shape index (κ1) is 18.7. The number of hydrogen-bond donors (Lipinski definition) is 3. The zero-order valence-corrected chi connectivity index (χ0v) is 16.4. The van der Waals surface area contributed by atoms with Gasteiger partial charge >= 0.3 is 0 Å². The lowest BCUT2D eigenvalue weighted by Gasteiger charge is -2.29. The molecule has 0 spiro atoms. The van der Waals surface area contributed by atoms with E-state index in [0.717, 1.165) is 54.2 Å². The van der Waals surface area contributed by atoms with Gasteiger partial charge < -0.3 is 25.0 Å². The normalized spacial score (nSPS) is 16.0. The predicted molar refractivity (Wildman–Crippen MR) is 110 cm³/mol. The predicted octanol–water partition coefficient (Wildman–Crippen LogP) is 2.49. The van der Waals surface area contributed by atoms with E-state index in [1.807, 2.05) is 29.7 Å². The maximum Gasteiger partial charge on any atom is 0.204 e. The summed E-state index contributed by atoms with van der Waals surface area (Å²) in [5, 5.41) is 23.4. The Morgan fingerprint density at radius 2 is 1.93 bits per heavy atom. The molecule has 0 amide bonds. The van der Waals surface area contributed by atoms with Gasteiger partial charge in [-0.3, -0.25) is 4.98 Å². The first-order chi connectivity index (χ1) is 13.5. The van der Waals surface area contributed by atoms with Crippen molar-refractivity contribution in [1.82, 2.24) is 19.4 Å². The quantitative estimate of drug-likeness (QED) is 0.630. The second kappa shape index (κ2) is 7.77. The minimum Gasteiger partial charge on any atom is -0.506 e. The number of benzene rings is 1. The van der Waals surface area contributed by atoms with Gasteiger partial charge in [-0.1, -0.05) is 6.07 Å². The number of likely N-dealkylation sites (tertiary alicyclic amines) is 1. The lowest BCUT2D eigenvalue weighted by atomic mass is 10.1. The Bertz CT molecular complexity index is 976. The fraction of sp³-hybridized carbons (Fsp3) is 0.429. The standard InChI is InChI=1S/C21H27N5O2/c1-14-3-6-20(28)18(22-14)12-26-19-11-15(13-27)4-5-17(19)24-21(26)23-16-7-9-25(2)10-8-16/h3-6,11,16,27-28H,7-10,12-13H2,1-2H3,(H,23,24). The highest BCUT2D eigenvalue weighted by Crippen LogP contribution is 2.26. The largest absolute Gasteiger partial charge is 0.506 e. The zero-order valence-electron chi connectivity index (χ0n) is 16.4. The van der Waals surface area contributed by atoms with Crippen LogP contribution in [0.1, 0.15) is 29.8 Å². The van der Waals surface area contributed by atoms with Crippen molar-refractivity contribution in [3.63, 3.8) is 0 Å². The number of nitrogens with zero attached hydrogens (tertiary/aromatic N) is 4. The highest BCUT2D eigenvalue weighted by Gasteiger charge is 2.20. The smallest absolute Gasteiger partial charge is 0.204 e. The summed E-state index contributed by atoms with van der Waals surface area (Å²) in [5.74, 6) is 0.957. The molecule has 2 aromatic heterocycles. The number of rotatable bonds is 5. The third-order valence-electron chi connectivity index (χ3n) is 5.44. The van der Waals surface area contributed by atoms with E-state index in [1.54, 1.807) is 12.1 Å². The number of aliphatic hydroxyl groups is 1. The van der Waals surface area contributed by atoms with Crippen LogP contribution in [0.3, 0.4) is 0 Å². The molecule has 7 nitrogen and oxygen atoms in total. The Hall–Kier alpha value is -2.64. The Morgan fingerprint density at radius 1 is 1.14 bits per heavy atom. The zero-order chi connectivity index (χ0) is 19.7. The first-order valence-corrected chi connectivity index (χ1v) is 9.74. The molecule has 0 bridgehead atoms. The molecule has 3 aromatic rings. The van der Waals surface area contributed by atoms with Crippen molar-refractivity contribution in [2.45, 2.75) is 39.0 Å². The summed E-state index contributed by atoms with van der Waals surface area (Å²) in [6.07, 6.45) is 2.13. The van der Waals surface area contributed by atoms with Crippen molar-refractivity contribution in [2.75, 3.05) is 25.5 Å². The summed E-state index contributed by atoms with van der Waals surface area (Å²) in [7, 11) is 2.15. The molecule has 1 saturated heterocycles. The Morgan fingerprint density at radius 3 is 2.68 bits per heavy atom. The molecule has 1 aromatic carbocycles. The van der Waals surface area contributed by atoms with Crippen LogP contribution < -0.4 is 5.32 Å². The van der Waals surface area contributed by atoms with Gasteiger partial charge in [0.25, 0.3) is 0 Å². The fourth-order valence-electron chi connectivity index (χ4n) is 3.74. The summed E-state index contributed by atoms with van der Waals surface area (Å²) in [6, 6.07) is 9.62. The van der Waals surface area contributed by atoms with Crippen molar-refractivity contribution < 1.29 is 10.2 Å². The number of anilines is 1. The highest BCUT2D eigenvalue weighted by atomic mass is 16.3. The van der Waals surface area contributed by atoms with Gasteiger partial charge in [0.15, 0.2) is 0 Å². The van der Waals surface area contributed by atoms with Crippen LogP contribution in [0, 0.1) is 6.92 Å². The van der Waals surface area contributed by atoms with E-state index < -0.39 is 0 Å². The maximum absolute atomic E-state index is 10.3. The van der Waals surface area contributed by atoms with Crippen molar-refractivity contribution in [1.29, 1.82) is 0 Å². The molecule has 3 N–H and O–H groups in total. The molecule has 0 saturated carbocycles. The van der Waals surface area contributed by atoms with Crippen molar-refractivity contribution in [3.8, 4) is 5.75 Å². The number of aliphatic hydroxyl groups excluding tert-OH is 1. The number of aromatic hydroxyl groups is 1. The van der Waals surface area contributed by atoms with E-state index in [1.165, 1.54) is 0 Å². The number of aromatic nitrogens is 3. The van der Waals surface area contributed by atoms with Gasteiger partial charge in [-0.2, -0.15) is 0 Å². The van der Waals surface area contributed by atoms with E-state index >= 15 is 0 Å². The molecule has 0 radical (unpaired) electrons. The molecular formula is C21H27N5O2. The summed E-state index contributed by atoms with van der Waals surface area (Å²) in [5.41, 5.74) is 4.09. The van der Waals surface area contributed by atoms with Gasteiger partial charge in [0, 0.05) is 11.7 Å². The molecule has 1 aliphatic heterocycles. The van der Waals surface area contributed by atoms with Crippen LogP contribution in [0.4, 0.5) is 5.95 Å². The number of hydrogen-bond acceptors (Lipinski definition) is 6. The molecule has 1 aliphatic rings. The number of nitrogens with one attached hydrogen (secondary N) is 1. The van der Waals surface area contributed by atoms with Gasteiger partial charge in [0.2, 0.25) is 5.95 Å². The Kier molecular flexibility index (Phi) is 5.19. The molecule has 0 atom stereocenters. The molecule has 28 heavy (non-hydrogen) atoms. The SMILES string of the molecule is Cc1ccc(O)c(Cn2c(NC3CCN(C)CC3)nc3ccc(CO)cc32)n1. The number of imidazole rings is 1. The van der Waals surface area contributed by atoms with Crippen LogP contribution in [0.5, 0.6) is 5.75 Å². The minimum atomic E-state index is -0.0210. The van der Waals surface area contributed by atoms with Gasteiger partial charge in [0.05, 0.1) is 24.2 Å². The second-order valence-electron chi connectivity index (χ2n) is 7.64. The van der Waals surface area contributed by atoms with E-state index in [-0.39, 0.29) is 12.4 Å². The number of piperidine rings is 1. The van der Waals surface area contributed by atoms with Crippen molar-refractivity contribution >= 4 is 17.0 Å². The third-order valence-corrected chi connectivity index (χ3v) is 5.44. The molecule has 0 unspecified atom stereocenters. The van der Waals surface area contributed by atoms with Crippen LogP contribution in [0.15, 0.2) is 30.3 Å². The molecule has 7 heteroatoms. The fourth-order valence-corrected chi connectivity index (χ4v) is 3.74. The molecule has 148 valence electrons. The number of aryl methyl sites for hydroxylation is 1. The summed E-state index contributed by atoms with van der Waals surface area (Å²) in [6.45, 7) is 4.43. The molecule has 4 rings (SSSR count). The molecule has 0 aliphatic carbocycles. The molecule has 3 heterocycles. The maximum atomic E-state index is 10.3. The van der Waals surface area contributed by atoms with E-state index in [2.05, 4.69) is 22.2 Å². The van der Waals surface area contributed by atoms with Crippen LogP contribution in [-0.2, 0) is 13.2 Å². The van der Waals surface area contributed by atoms with Crippen LogP contribution in [0.25, 0.3) is 11.0 Å². The average Bonchev–Trinajstić information content (AvgIpc) is 3.02. The van der Waals surface area contributed by atoms with Gasteiger partial charge in [-0.25, -0.2) is 4.98 Å². The number of pyridine rings is 1. The molecular weight excluding hydrogens is 354 g/mol. The topological polar surface area (TPSA) is 86.4 Å². The van der Waals surface area contributed by atoms with Gasteiger partial charge in [0.1, 0.15) is 11.4 Å². The minimum absolute atomic E-state index is 0.0210. The monoisotopic (exact) mass is 381 g/mol. The Balaban J connectivity index is 1.73. The van der Waals surface area contributed by atoms with Crippen LogP contribution >= 0.6 is 0 Å². The van der Waals surface area contributed by atoms with Crippen LogP contribution in [-0.4, -0.2) is 55.8 Å². The molecule has 1 fully saturated rings. The van der Waals surface area contributed by atoms with E-state index in [4.69, 9.17) is 4.98 Å². The van der Waals surface area contributed by atoms with Crippen molar-refractivity contribution in [2.24, 2.45) is 0 Å². The van der Waals surface area contributed by atoms with Gasteiger partial charge in [-0.05, 0) is 69.7 Å². The van der Waals surface area contributed by atoms with E-state index in [0.29, 0.717) is 18.3 Å². The summed E-state index contributed by atoms with van der Waals surface area (Å²) < 4.78 is 2.05. The van der Waals surface area contributed by atoms with Crippen LogP contribution in [0.2, 0.25) is 0 Å². The third kappa shape index (κ3) is 3.81. The summed E-state index contributed by atoms with van der Waals surface area (Å²) in [4.78, 5) is 11.6. The lowest BCUT2D eigenvalue weighted by Crippen LogP contribution is -2.37. The lowest BCUT2D eigenvalue weighted by molar-refractivity contribution is 0.263. The average molecular weight is 381 g/mol. The van der Waals surface area contributed by atoms with E-state index in [9.17, 15) is 10.2 Å².